The van der Waals surface area contributed by atoms with Crippen molar-refractivity contribution >= 4 is 11.8 Å². The lowest BCUT2D eigenvalue weighted by Gasteiger charge is -2.18. The molecule has 2 unspecified atom stereocenters. The van der Waals surface area contributed by atoms with Crippen molar-refractivity contribution in [2.45, 2.75) is 38.0 Å². The van der Waals surface area contributed by atoms with Crippen LogP contribution >= 0.6 is 0 Å². The minimum Gasteiger partial charge on any atom is -0.494 e. The first kappa shape index (κ1) is 18.2. The van der Waals surface area contributed by atoms with Gasteiger partial charge in [0.05, 0.1) is 6.61 Å². The summed E-state index contributed by atoms with van der Waals surface area (Å²) in [6.07, 6.45) is 6.14. The Kier molecular flexibility index (Phi) is 6.47. The van der Waals surface area contributed by atoms with Crippen molar-refractivity contribution in [3.63, 3.8) is 0 Å². The van der Waals surface area contributed by atoms with Crippen LogP contribution in [0.2, 0.25) is 0 Å². The van der Waals surface area contributed by atoms with Crippen LogP contribution in [0.5, 0.6) is 5.75 Å². The second kappa shape index (κ2) is 9.22. The number of nitrogens with one attached hydrogen (secondary N) is 1. The van der Waals surface area contributed by atoms with Gasteiger partial charge in [-0.1, -0.05) is 24.6 Å². The number of anilines is 1. The Labute approximate surface area is 154 Å². The zero-order chi connectivity index (χ0) is 18.2. The highest BCUT2D eigenvalue weighted by molar-refractivity contribution is 5.67. The maximum atomic E-state index is 11.0. The zero-order valence-electron chi connectivity index (χ0n) is 14.9. The van der Waals surface area contributed by atoms with Crippen LogP contribution < -0.4 is 10.1 Å². The van der Waals surface area contributed by atoms with E-state index >= 15 is 0 Å². The molecule has 1 fully saturated rings. The molecule has 2 atom stereocenters. The monoisotopic (exact) mass is 354 g/mol. The number of carbonyl (C=O) groups is 1. The summed E-state index contributed by atoms with van der Waals surface area (Å²) < 4.78 is 5.80. The van der Waals surface area contributed by atoms with Gasteiger partial charge in [0.15, 0.2) is 0 Å². The van der Waals surface area contributed by atoms with Crippen molar-refractivity contribution in [1.82, 2.24) is 4.98 Å². The molecule has 1 saturated carbocycles. The van der Waals surface area contributed by atoms with Gasteiger partial charge in [-0.15, -0.1) is 0 Å². The third-order valence-electron chi connectivity index (χ3n) is 4.96. The van der Waals surface area contributed by atoms with E-state index in [1.807, 2.05) is 30.3 Å². The van der Waals surface area contributed by atoms with Gasteiger partial charge in [0.2, 0.25) is 0 Å². The fourth-order valence-electron chi connectivity index (χ4n) is 3.70. The predicted octanol–water partition coefficient (Wildman–Crippen LogP) is 4.32. The van der Waals surface area contributed by atoms with Crippen molar-refractivity contribution in [1.29, 1.82) is 0 Å². The lowest BCUT2D eigenvalue weighted by Crippen LogP contribution is -2.11. The molecular weight excluding hydrogens is 328 g/mol. The molecule has 0 aliphatic heterocycles. The van der Waals surface area contributed by atoms with Gasteiger partial charge >= 0.3 is 5.97 Å². The number of hydrogen-bond donors (Lipinski definition) is 2. The van der Waals surface area contributed by atoms with Crippen LogP contribution in [0.25, 0.3) is 0 Å². The van der Waals surface area contributed by atoms with Gasteiger partial charge in [0, 0.05) is 19.2 Å². The minimum absolute atomic E-state index is 0.261. The minimum atomic E-state index is -0.693. The van der Waals surface area contributed by atoms with E-state index in [-0.39, 0.29) is 12.3 Å². The van der Waals surface area contributed by atoms with Gasteiger partial charge in [0.25, 0.3) is 0 Å². The number of rotatable bonds is 9. The van der Waals surface area contributed by atoms with E-state index < -0.39 is 5.97 Å². The maximum absolute atomic E-state index is 11.0. The fourth-order valence-corrected chi connectivity index (χ4v) is 3.70. The third kappa shape index (κ3) is 5.22. The number of ether oxygens (including phenoxy) is 1. The number of pyridine rings is 1. The summed E-state index contributed by atoms with van der Waals surface area (Å²) in [7, 11) is 0. The van der Waals surface area contributed by atoms with Crippen LogP contribution in [0, 0.1) is 5.92 Å². The fraction of sp³-hybridized carbons (Fsp3) is 0.429. The van der Waals surface area contributed by atoms with E-state index in [0.717, 1.165) is 43.8 Å². The number of benzene rings is 1. The summed E-state index contributed by atoms with van der Waals surface area (Å²) in [6.45, 7) is 1.46. The molecule has 0 bridgehead atoms. The molecule has 3 rings (SSSR count). The molecule has 5 nitrogen and oxygen atoms in total. The van der Waals surface area contributed by atoms with Gasteiger partial charge in [-0.2, -0.15) is 0 Å². The van der Waals surface area contributed by atoms with Crippen LogP contribution in [-0.2, 0) is 4.79 Å². The zero-order valence-corrected chi connectivity index (χ0v) is 14.9. The van der Waals surface area contributed by atoms with Crippen molar-refractivity contribution in [2.24, 2.45) is 5.92 Å². The smallest absolute Gasteiger partial charge is 0.303 e. The number of hydrogen-bond acceptors (Lipinski definition) is 4. The normalized spacial score (nSPS) is 19.2. The van der Waals surface area contributed by atoms with Crippen molar-refractivity contribution < 1.29 is 14.6 Å². The van der Waals surface area contributed by atoms with Gasteiger partial charge in [0.1, 0.15) is 11.6 Å². The van der Waals surface area contributed by atoms with Crippen LogP contribution in [0.3, 0.4) is 0 Å². The van der Waals surface area contributed by atoms with E-state index in [0.29, 0.717) is 12.5 Å². The summed E-state index contributed by atoms with van der Waals surface area (Å²) in [5, 5.41) is 12.3. The van der Waals surface area contributed by atoms with E-state index in [9.17, 15) is 4.79 Å². The van der Waals surface area contributed by atoms with Gasteiger partial charge < -0.3 is 15.2 Å². The van der Waals surface area contributed by atoms with E-state index in [2.05, 4.69) is 22.4 Å². The van der Waals surface area contributed by atoms with E-state index in [1.165, 1.54) is 5.56 Å². The number of aliphatic carboxylic acids is 1. The highest BCUT2D eigenvalue weighted by Crippen LogP contribution is 2.41. The molecule has 1 heterocycles. The quantitative estimate of drug-likeness (QED) is 0.656. The molecule has 1 aliphatic rings. The van der Waals surface area contributed by atoms with Gasteiger partial charge in [-0.05, 0) is 60.9 Å². The lowest BCUT2D eigenvalue weighted by atomic mass is 9.87. The van der Waals surface area contributed by atoms with Gasteiger partial charge in [-0.3, -0.25) is 4.79 Å². The topological polar surface area (TPSA) is 71.5 Å². The molecule has 1 aliphatic carbocycles. The molecule has 0 spiro atoms. The van der Waals surface area contributed by atoms with Gasteiger partial charge in [-0.25, -0.2) is 4.98 Å². The first-order chi connectivity index (χ1) is 12.7. The highest BCUT2D eigenvalue weighted by Gasteiger charge is 2.30. The molecule has 1 aromatic heterocycles. The van der Waals surface area contributed by atoms with Crippen molar-refractivity contribution in [2.75, 3.05) is 18.5 Å². The first-order valence-corrected chi connectivity index (χ1v) is 9.32. The summed E-state index contributed by atoms with van der Waals surface area (Å²) in [5.41, 5.74) is 1.23. The SMILES string of the molecule is O=C(O)CC1CCCC1c1ccc(OCCCNc2ccccn2)cc1. The van der Waals surface area contributed by atoms with E-state index in [1.54, 1.807) is 6.20 Å². The second-order valence-electron chi connectivity index (χ2n) is 6.81. The van der Waals surface area contributed by atoms with Crippen LogP contribution in [-0.4, -0.2) is 29.2 Å². The number of carboxylic acid groups (broad SMARTS) is 1. The summed E-state index contributed by atoms with van der Waals surface area (Å²) in [5.74, 6) is 1.67. The van der Waals surface area contributed by atoms with Crippen molar-refractivity contribution in [3.8, 4) is 5.75 Å². The summed E-state index contributed by atoms with van der Waals surface area (Å²) in [4.78, 5) is 15.2. The second-order valence-corrected chi connectivity index (χ2v) is 6.81. The van der Waals surface area contributed by atoms with Crippen LogP contribution in [0.4, 0.5) is 5.82 Å². The molecule has 2 aromatic rings. The largest absolute Gasteiger partial charge is 0.494 e. The Hall–Kier alpha value is -2.56. The number of aromatic nitrogens is 1. The number of carboxylic acids is 1. The average Bonchev–Trinajstić information content (AvgIpc) is 3.10. The van der Waals surface area contributed by atoms with Crippen LogP contribution in [0.15, 0.2) is 48.7 Å². The Morgan fingerprint density at radius 2 is 2.04 bits per heavy atom. The summed E-state index contributed by atoms with van der Waals surface area (Å²) in [6, 6.07) is 14.0. The maximum Gasteiger partial charge on any atom is 0.303 e. The Balaban J connectivity index is 1.42. The Morgan fingerprint density at radius 1 is 1.19 bits per heavy atom. The van der Waals surface area contributed by atoms with Crippen molar-refractivity contribution in [3.05, 3.63) is 54.2 Å². The molecule has 0 radical (unpaired) electrons. The molecule has 0 saturated heterocycles. The molecule has 1 aromatic carbocycles. The molecule has 2 N–H and O–H groups in total. The standard InChI is InChI=1S/C21H26N2O3/c24-21(25)15-17-5-3-6-19(17)16-8-10-18(11-9-16)26-14-4-13-23-20-7-1-2-12-22-20/h1-2,7-12,17,19H,3-6,13-15H2,(H,22,23)(H,24,25). The summed E-state index contributed by atoms with van der Waals surface area (Å²) >= 11 is 0. The number of nitrogens with zero attached hydrogens (tertiary/aromatic N) is 1. The molecular formula is C21H26N2O3. The molecule has 5 heteroatoms. The van der Waals surface area contributed by atoms with E-state index in [4.69, 9.17) is 9.84 Å². The highest BCUT2D eigenvalue weighted by atomic mass is 16.5. The Bertz CT molecular complexity index is 688. The van der Waals surface area contributed by atoms with Crippen LogP contribution in [0.1, 0.15) is 43.6 Å². The Morgan fingerprint density at radius 3 is 2.77 bits per heavy atom. The molecule has 26 heavy (non-hydrogen) atoms. The molecule has 138 valence electrons. The predicted molar refractivity (Wildman–Crippen MR) is 102 cm³/mol. The lowest BCUT2D eigenvalue weighted by molar-refractivity contribution is -0.138. The first-order valence-electron chi connectivity index (χ1n) is 9.32. The third-order valence-corrected chi connectivity index (χ3v) is 4.96. The average molecular weight is 354 g/mol. The molecule has 0 amide bonds.